The highest BCUT2D eigenvalue weighted by atomic mass is 32.2. The molecule has 10 nitrogen and oxygen atoms in total. The highest BCUT2D eigenvalue weighted by molar-refractivity contribution is 7.94. The zero-order valence-electron chi connectivity index (χ0n) is 23.4. The number of hydrogen-bond acceptors (Lipinski definition) is 6. The quantitative estimate of drug-likeness (QED) is 0.350. The topological polar surface area (TPSA) is 142 Å². The smallest absolute Gasteiger partial charge is 0.356 e. The fraction of sp³-hybridized carbons (Fsp3) is 0.760. The van der Waals surface area contributed by atoms with Gasteiger partial charge in [-0.25, -0.2) is 17.2 Å². The number of hydrogen-bond donors (Lipinski definition) is 3. The summed E-state index contributed by atoms with van der Waals surface area (Å²) in [6.45, 7) is 4.31. The number of piperidine rings is 2. The van der Waals surface area contributed by atoms with Gasteiger partial charge in [0.2, 0.25) is 32.7 Å². The lowest BCUT2D eigenvalue weighted by Gasteiger charge is -2.55. The first-order chi connectivity index (χ1) is 19.0. The van der Waals surface area contributed by atoms with Crippen molar-refractivity contribution in [1.29, 1.82) is 0 Å². The molecule has 4 amide bonds. The number of fused-ring (bicyclic) bond motifs is 3. The Morgan fingerprint density at radius 1 is 1.12 bits per heavy atom. The predicted molar refractivity (Wildman–Crippen MR) is 136 cm³/mol. The molecule has 3 saturated heterocycles. The Bertz CT molecular complexity index is 1250. The summed E-state index contributed by atoms with van der Waals surface area (Å²) in [4.78, 5) is 52.0. The lowest BCUT2D eigenvalue weighted by molar-refractivity contribution is -0.197. The van der Waals surface area contributed by atoms with E-state index >= 15 is 8.78 Å². The number of nitrogens with zero attached hydrogens (tertiary/aromatic N) is 1. The molecule has 2 bridgehead atoms. The summed E-state index contributed by atoms with van der Waals surface area (Å²) in [5, 5.41) is 4.81. The molecule has 0 aromatic carbocycles. The molecule has 0 radical (unpaired) electrons. The Kier molecular flexibility index (Phi) is 9.36. The van der Waals surface area contributed by atoms with Gasteiger partial charge in [-0.2, -0.15) is 17.6 Å². The molecule has 0 aromatic heterocycles. The van der Waals surface area contributed by atoms with Gasteiger partial charge in [-0.05, 0) is 37.2 Å². The van der Waals surface area contributed by atoms with Gasteiger partial charge in [-0.3, -0.25) is 19.2 Å². The summed E-state index contributed by atoms with van der Waals surface area (Å²) < 4.78 is 107. The molecule has 3 N–H and O–H groups in total. The fourth-order valence-electron chi connectivity index (χ4n) is 5.73. The molecule has 4 fully saturated rings. The molecule has 3 aliphatic heterocycles. The second-order valence-corrected chi connectivity index (χ2v) is 14.1. The summed E-state index contributed by atoms with van der Waals surface area (Å²) in [7, 11) is -4.38. The minimum absolute atomic E-state index is 0.00808. The van der Waals surface area contributed by atoms with E-state index in [-0.39, 0.29) is 32.2 Å². The molecule has 238 valence electrons. The Hall–Kier alpha value is -2.85. The first-order valence-corrected chi connectivity index (χ1v) is 15.2. The molecule has 0 spiro atoms. The first kappa shape index (κ1) is 33.6. The van der Waals surface area contributed by atoms with Gasteiger partial charge in [0.25, 0.3) is 5.92 Å². The Morgan fingerprint density at radius 2 is 1.74 bits per heavy atom. The minimum Gasteiger partial charge on any atom is -0.356 e. The van der Waals surface area contributed by atoms with Crippen LogP contribution in [0.4, 0.5) is 26.3 Å². The lowest BCUT2D eigenvalue weighted by Crippen LogP contribution is -2.71. The molecule has 6 atom stereocenters. The van der Waals surface area contributed by atoms with Crippen molar-refractivity contribution < 1.29 is 53.9 Å². The van der Waals surface area contributed by atoms with Crippen LogP contribution in [0.3, 0.4) is 0 Å². The number of nitrogens with one attached hydrogen (secondary N) is 3. The van der Waals surface area contributed by atoms with E-state index in [0.717, 1.165) is 4.90 Å². The zero-order valence-corrected chi connectivity index (χ0v) is 24.2. The van der Waals surface area contributed by atoms with E-state index in [2.05, 4.69) is 10.6 Å². The van der Waals surface area contributed by atoms with Crippen LogP contribution in [0.2, 0.25) is 0 Å². The average Bonchev–Trinajstić information content (AvgIpc) is 3.22. The van der Waals surface area contributed by atoms with Crippen LogP contribution in [-0.2, 0) is 29.0 Å². The molecule has 1 aliphatic carbocycles. The highest BCUT2D eigenvalue weighted by Crippen LogP contribution is 2.49. The summed E-state index contributed by atoms with van der Waals surface area (Å²) >= 11 is 0. The van der Waals surface area contributed by atoms with Gasteiger partial charge in [0.1, 0.15) is 12.1 Å². The number of sulfone groups is 1. The molecule has 4 rings (SSSR count). The van der Waals surface area contributed by atoms with Gasteiger partial charge in [-0.1, -0.05) is 20.8 Å². The van der Waals surface area contributed by atoms with E-state index in [1.54, 1.807) is 5.32 Å². The second kappa shape index (κ2) is 11.7. The molecular weight excluding hydrogens is 598 g/mol. The van der Waals surface area contributed by atoms with Gasteiger partial charge < -0.3 is 20.9 Å². The van der Waals surface area contributed by atoms with Crippen LogP contribution < -0.4 is 16.0 Å². The number of carbonyl (C=O) groups excluding carboxylic acids is 4. The van der Waals surface area contributed by atoms with E-state index in [1.165, 1.54) is 20.8 Å². The average molecular weight is 633 g/mol. The van der Waals surface area contributed by atoms with Crippen LogP contribution in [-0.4, -0.2) is 86.0 Å². The van der Waals surface area contributed by atoms with E-state index in [9.17, 15) is 45.2 Å². The van der Waals surface area contributed by atoms with Gasteiger partial charge >= 0.3 is 12.1 Å². The van der Waals surface area contributed by atoms with E-state index in [4.69, 9.17) is 0 Å². The summed E-state index contributed by atoms with van der Waals surface area (Å²) in [6, 6.07) is -6.56. The van der Waals surface area contributed by atoms with E-state index in [1.807, 2.05) is 0 Å². The first-order valence-electron chi connectivity index (χ1n) is 13.3. The molecule has 17 heteroatoms. The van der Waals surface area contributed by atoms with E-state index in [0.29, 0.717) is 12.3 Å². The molecule has 1 saturated carbocycles. The Labute approximate surface area is 238 Å². The maximum atomic E-state index is 15.1. The minimum atomic E-state index is -5.36. The Balaban J connectivity index is 2.00. The van der Waals surface area contributed by atoms with Crippen LogP contribution in [0.15, 0.2) is 11.2 Å². The second-order valence-electron chi connectivity index (χ2n) is 12.1. The van der Waals surface area contributed by atoms with Crippen LogP contribution in [0.1, 0.15) is 52.9 Å². The predicted octanol–water partition coefficient (Wildman–Crippen LogP) is 1.96. The van der Waals surface area contributed by atoms with Gasteiger partial charge in [-0.15, -0.1) is 0 Å². The van der Waals surface area contributed by atoms with Crippen molar-refractivity contribution in [3.63, 3.8) is 0 Å². The van der Waals surface area contributed by atoms with Crippen molar-refractivity contribution in [2.24, 2.45) is 17.3 Å². The zero-order chi connectivity index (χ0) is 32.0. The summed E-state index contributed by atoms with van der Waals surface area (Å²) in [6.07, 6.45) is -5.38. The normalized spacial score (nSPS) is 27.7. The van der Waals surface area contributed by atoms with Gasteiger partial charge in [0, 0.05) is 31.2 Å². The number of amides is 4. The van der Waals surface area contributed by atoms with Crippen molar-refractivity contribution in [3.05, 3.63) is 11.2 Å². The third kappa shape index (κ3) is 7.37. The standard InChI is InChI=1S/C25H34F6N4O6S/c1-23(2,3)18(34-22(39)25(29,30)31)21(38)35-14-5-6-15(24(27,28)11-14)17(35)20(37)33-13(10-16(26)42(4,40)41)9-12-7-8-32-19(12)36/h10,12-15,17-18H,5-9,11H2,1-4H3,(H,32,36)(H,33,37)(H,34,39)/b16-10-/t12-,13+,14-,15-,17-,18+/m1/s1. The third-order valence-electron chi connectivity index (χ3n) is 7.82. The number of halogens is 6. The van der Waals surface area contributed by atoms with E-state index < -0.39 is 98.6 Å². The van der Waals surface area contributed by atoms with Crippen LogP contribution in [0, 0.1) is 17.3 Å². The molecule has 4 aliphatic rings. The van der Waals surface area contributed by atoms with Crippen molar-refractivity contribution in [3.8, 4) is 0 Å². The van der Waals surface area contributed by atoms with Crippen LogP contribution in [0.25, 0.3) is 0 Å². The molecule has 3 heterocycles. The molecular formula is C25H34F6N4O6S. The van der Waals surface area contributed by atoms with Crippen molar-refractivity contribution in [2.75, 3.05) is 12.8 Å². The summed E-state index contributed by atoms with van der Waals surface area (Å²) in [5.41, 5.74) is -1.35. The number of rotatable bonds is 8. The van der Waals surface area contributed by atoms with Crippen LogP contribution in [0.5, 0.6) is 0 Å². The van der Waals surface area contributed by atoms with Crippen molar-refractivity contribution in [2.45, 2.75) is 89.1 Å². The molecule has 42 heavy (non-hydrogen) atoms. The van der Waals surface area contributed by atoms with Crippen LogP contribution >= 0.6 is 0 Å². The maximum absolute atomic E-state index is 15.1. The monoisotopic (exact) mass is 632 g/mol. The van der Waals surface area contributed by atoms with Gasteiger partial charge in [0.15, 0.2) is 0 Å². The number of carbonyl (C=O) groups is 4. The molecule has 0 unspecified atom stereocenters. The maximum Gasteiger partial charge on any atom is 0.471 e. The van der Waals surface area contributed by atoms with Gasteiger partial charge in [0.05, 0.1) is 12.0 Å². The lowest BCUT2D eigenvalue weighted by atomic mass is 9.70. The third-order valence-corrected chi connectivity index (χ3v) is 8.66. The molecule has 0 aromatic rings. The fourth-order valence-corrected chi connectivity index (χ4v) is 6.14. The van der Waals surface area contributed by atoms with Crippen molar-refractivity contribution in [1.82, 2.24) is 20.9 Å². The highest BCUT2D eigenvalue weighted by Gasteiger charge is 2.61. The summed E-state index contributed by atoms with van der Waals surface area (Å²) in [5.74, 6) is -11.3. The largest absolute Gasteiger partial charge is 0.471 e. The van der Waals surface area contributed by atoms with Crippen molar-refractivity contribution >= 4 is 33.5 Å². The number of alkyl halides is 5. The SMILES string of the molecule is CC(C)(C)[C@@H](NC(=O)C(F)(F)F)C(=O)N1[C@@H]2CC[C@H]([C@@H]1C(=O)N[C@H](/C=C(/F)S(C)(=O)=O)C[C@H]1CCNC1=O)C(F)(F)C2. The Morgan fingerprint density at radius 3 is 2.21 bits per heavy atom.